The molecule has 0 radical (unpaired) electrons. The van der Waals surface area contributed by atoms with Gasteiger partial charge >= 0.3 is 0 Å². The second-order valence-corrected chi connectivity index (χ2v) is 14.3. The lowest BCUT2D eigenvalue weighted by atomic mass is 9.87. The normalized spacial score (nSPS) is 39.5. The van der Waals surface area contributed by atoms with Gasteiger partial charge in [0, 0.05) is 43.8 Å². The number of thioether (sulfide) groups is 1. The Hall–Kier alpha value is -1.15. The molecule has 0 saturated carbocycles. The average Bonchev–Trinajstić information content (AvgIpc) is 3.03. The first-order chi connectivity index (χ1) is 22.4. The molecule has 282 valence electrons. The Kier molecular flexibility index (Phi) is 20.5. The van der Waals surface area contributed by atoms with Crippen LogP contribution in [0.2, 0.25) is 0 Å². The maximum atomic E-state index is 11.8. The number of hydrogen-bond donors (Lipinski definition) is 9. The highest BCUT2D eigenvalue weighted by Crippen LogP contribution is 2.27. The summed E-state index contributed by atoms with van der Waals surface area (Å²) in [6.45, 7) is 13.3. The van der Waals surface area contributed by atoms with Crippen LogP contribution in [0.4, 0.5) is 0 Å². The first-order valence-electron chi connectivity index (χ1n) is 16.3. The van der Waals surface area contributed by atoms with Gasteiger partial charge in [0.25, 0.3) is 0 Å². The number of halogens is 1. The summed E-state index contributed by atoms with van der Waals surface area (Å²) in [5, 5.41) is 62.5. The van der Waals surface area contributed by atoms with Crippen molar-refractivity contribution < 1.29 is 59.2 Å². The first-order valence-corrected chi connectivity index (χ1v) is 17.7. The van der Waals surface area contributed by atoms with Gasteiger partial charge in [0.15, 0.2) is 5.12 Å². The molecule has 3 heterocycles. The highest BCUT2D eigenvalue weighted by Gasteiger charge is 2.43. The average molecular weight is 732 g/mol. The molecule has 0 aromatic heterocycles. The molecule has 3 rings (SSSR count). The van der Waals surface area contributed by atoms with E-state index in [0.29, 0.717) is 5.75 Å². The highest BCUT2D eigenvalue weighted by atomic mass is 35.5. The molecule has 17 heteroatoms. The summed E-state index contributed by atoms with van der Waals surface area (Å²) in [5.74, 6) is -0.542. The van der Waals surface area contributed by atoms with Crippen LogP contribution in [0, 0.1) is 17.8 Å². The predicted molar refractivity (Wildman–Crippen MR) is 180 cm³/mol. The summed E-state index contributed by atoms with van der Waals surface area (Å²) in [6, 6.07) is -1.18. The van der Waals surface area contributed by atoms with E-state index in [4.69, 9.17) is 36.2 Å². The lowest BCUT2D eigenvalue weighted by molar-refractivity contribution is -0.161. The Balaban J connectivity index is 0.000000370. The topological polar surface area (TPSA) is 236 Å². The molecule has 15 atom stereocenters. The molecule has 0 aromatic rings. The number of ether oxygens (including phenoxy) is 3. The second-order valence-electron chi connectivity index (χ2n) is 12.8. The van der Waals surface area contributed by atoms with Gasteiger partial charge in [-0.15, -0.1) is 0 Å². The van der Waals surface area contributed by atoms with E-state index in [1.165, 1.54) is 13.8 Å². The molecule has 0 aromatic carbocycles. The van der Waals surface area contributed by atoms with Gasteiger partial charge in [0.05, 0.1) is 92.9 Å². The summed E-state index contributed by atoms with van der Waals surface area (Å²) in [4.78, 5) is 36.0. The molecule has 3 saturated heterocycles. The Morgan fingerprint density at radius 2 is 1.00 bits per heavy atom. The van der Waals surface area contributed by atoms with Crippen molar-refractivity contribution in [3.63, 3.8) is 0 Å². The molecule has 3 aliphatic rings. The fraction of sp³-hybridized carbons (Fsp3) is 0.903. The van der Waals surface area contributed by atoms with Gasteiger partial charge < -0.3 is 55.5 Å². The van der Waals surface area contributed by atoms with Crippen molar-refractivity contribution in [2.75, 3.05) is 25.6 Å². The van der Waals surface area contributed by atoms with E-state index in [0.717, 1.165) is 11.8 Å². The van der Waals surface area contributed by atoms with Crippen molar-refractivity contribution in [1.29, 1.82) is 0 Å². The highest BCUT2D eigenvalue weighted by molar-refractivity contribution is 8.13. The van der Waals surface area contributed by atoms with Crippen LogP contribution in [0.15, 0.2) is 0 Å². The minimum atomic E-state index is -0.764. The number of hydrogen-bond acceptors (Lipinski definition) is 14. The van der Waals surface area contributed by atoms with Crippen molar-refractivity contribution >= 4 is 40.5 Å². The summed E-state index contributed by atoms with van der Waals surface area (Å²) >= 11 is 6.58. The molecule has 0 unspecified atom stereocenters. The van der Waals surface area contributed by atoms with Crippen molar-refractivity contribution in [2.24, 2.45) is 17.8 Å². The maximum absolute atomic E-state index is 11.8. The zero-order valence-electron chi connectivity index (χ0n) is 29.1. The van der Waals surface area contributed by atoms with Gasteiger partial charge in [0.1, 0.15) is 0 Å². The van der Waals surface area contributed by atoms with Crippen LogP contribution in [-0.2, 0) is 28.6 Å². The van der Waals surface area contributed by atoms with E-state index < -0.39 is 36.5 Å². The van der Waals surface area contributed by atoms with E-state index >= 15 is 0 Å². The van der Waals surface area contributed by atoms with Gasteiger partial charge in [-0.05, 0) is 32.5 Å². The van der Waals surface area contributed by atoms with Crippen LogP contribution in [-0.4, -0.2) is 146 Å². The van der Waals surface area contributed by atoms with Crippen LogP contribution in [0.3, 0.4) is 0 Å². The van der Waals surface area contributed by atoms with Crippen LogP contribution < -0.4 is 15.5 Å². The van der Waals surface area contributed by atoms with E-state index in [1.54, 1.807) is 27.7 Å². The summed E-state index contributed by atoms with van der Waals surface area (Å²) in [5.41, 5.74) is 0. The van der Waals surface area contributed by atoms with Crippen molar-refractivity contribution in [2.45, 2.75) is 135 Å². The number of rotatable bonds is 9. The van der Waals surface area contributed by atoms with Crippen LogP contribution >= 0.6 is 23.5 Å². The number of aliphatic hydroxyl groups is 6. The molecule has 15 nitrogen and oxygen atoms in total. The molecule has 2 amide bonds. The molecule has 9 N–H and O–H groups in total. The third-order valence-corrected chi connectivity index (χ3v) is 10.2. The first kappa shape index (κ1) is 44.9. The number of amides is 2. The molecule has 48 heavy (non-hydrogen) atoms. The van der Waals surface area contributed by atoms with Crippen molar-refractivity contribution in [1.82, 2.24) is 15.5 Å². The van der Waals surface area contributed by atoms with Gasteiger partial charge in [-0.1, -0.05) is 32.5 Å². The number of nitrogens with one attached hydrogen (secondary N) is 3. The molecular formula is C31H58ClN3O12S. The van der Waals surface area contributed by atoms with Gasteiger partial charge in [-0.2, -0.15) is 0 Å². The molecular weight excluding hydrogens is 674 g/mol. The summed E-state index contributed by atoms with van der Waals surface area (Å²) < 4.78 is 16.6. The summed E-state index contributed by atoms with van der Waals surface area (Å²) in [7, 11) is 0. The van der Waals surface area contributed by atoms with E-state index in [-0.39, 0.29) is 97.5 Å². The number of carbonyl (C=O) groups is 3. The zero-order chi connectivity index (χ0) is 36.9. The van der Waals surface area contributed by atoms with E-state index in [2.05, 4.69) is 15.5 Å². The molecule has 0 aliphatic carbocycles. The van der Waals surface area contributed by atoms with E-state index in [1.807, 2.05) is 13.8 Å². The Morgan fingerprint density at radius 1 is 0.646 bits per heavy atom. The predicted octanol–water partition coefficient (Wildman–Crippen LogP) is -0.940. The smallest absolute Gasteiger partial charge is 0.221 e. The maximum Gasteiger partial charge on any atom is 0.221 e. The lowest BCUT2D eigenvalue weighted by Gasteiger charge is -2.42. The van der Waals surface area contributed by atoms with Gasteiger partial charge in [-0.3, -0.25) is 14.4 Å². The second kappa shape index (κ2) is 21.9. The number of carbonyl (C=O) groups excluding carboxylic acids is 3. The Morgan fingerprint density at radius 3 is 1.33 bits per heavy atom. The fourth-order valence-corrected chi connectivity index (χ4v) is 6.78. The largest absolute Gasteiger partial charge is 0.394 e. The van der Waals surface area contributed by atoms with Crippen LogP contribution in [0.1, 0.15) is 61.8 Å². The third kappa shape index (κ3) is 13.2. The molecule has 0 spiro atoms. The van der Waals surface area contributed by atoms with Crippen molar-refractivity contribution in [3.05, 3.63) is 0 Å². The van der Waals surface area contributed by atoms with Gasteiger partial charge in [-0.25, -0.2) is 4.84 Å². The SMILES string of the molecule is CC(=O)N[C@@H]1[C@@H](O)[C@H](C)[C@@H](CO)O[C@H]1C.CC(=O)SCCC(=O)N[C@@H]1[C@@H](O)[C@H](C)[C@@H](CO)O[C@H]1C.C[C@H]1[C@H](O)[C@@H](NCl)[C@H](C)O[C@@H]1CO. The summed E-state index contributed by atoms with van der Waals surface area (Å²) in [6.07, 6.45) is -3.75. The monoisotopic (exact) mass is 731 g/mol. The minimum absolute atomic E-state index is 0.0217. The van der Waals surface area contributed by atoms with Gasteiger partial charge in [0.2, 0.25) is 11.8 Å². The van der Waals surface area contributed by atoms with Crippen molar-refractivity contribution in [3.8, 4) is 0 Å². The fourth-order valence-electron chi connectivity index (χ4n) is 5.89. The van der Waals surface area contributed by atoms with E-state index in [9.17, 15) is 34.8 Å². The number of aliphatic hydroxyl groups excluding tert-OH is 6. The van der Waals surface area contributed by atoms with Crippen LogP contribution in [0.25, 0.3) is 0 Å². The molecule has 3 aliphatic heterocycles. The molecule has 3 fully saturated rings. The third-order valence-electron chi connectivity index (χ3n) is 9.16. The standard InChI is InChI=1S/C13H23NO5S.C10H19NO4.C8H16ClNO3/c1-7-10(6-15)19-8(2)12(13(7)18)14-11(17)4-5-20-9(3)16;1-5-8(4-12)15-6(2)9(10(5)14)11-7(3)13;1-4-6(3-11)13-5(2)7(10-9)8(4)12/h7-8,10,12-13,15,18H,4-6H2,1-3H3,(H,14,17);5-6,8-10,12,14H,4H2,1-3H3,(H,11,13);4-8,10-12H,3H2,1-2H3/t7-,8+,10-,12+,13+;5-,6+,8-,9+,10+;4-,5+,6-,7+,8+/m111/s1. The minimum Gasteiger partial charge on any atom is -0.394 e. The molecule has 0 bridgehead atoms. The lowest BCUT2D eigenvalue weighted by Crippen LogP contribution is -2.60. The Bertz CT molecular complexity index is 989. The zero-order valence-corrected chi connectivity index (χ0v) is 30.7. The van der Waals surface area contributed by atoms with Crippen LogP contribution in [0.5, 0.6) is 0 Å². The Labute approximate surface area is 292 Å². The quantitative estimate of drug-likeness (QED) is 0.130.